The minimum Gasteiger partial charge on any atom is -0.414 e. The summed E-state index contributed by atoms with van der Waals surface area (Å²) in [6, 6.07) is 0. The average Bonchev–Trinajstić information content (AvgIpc) is 2.67. The minimum absolute atomic E-state index is 0.304. The Hall–Kier alpha value is -0.343. The zero-order chi connectivity index (χ0) is 15.0. The molecule has 1 fully saturated rings. The zero-order valence-corrected chi connectivity index (χ0v) is 15.0. The van der Waals surface area contributed by atoms with Crippen molar-refractivity contribution in [3.05, 3.63) is 24.8 Å². The molecule has 1 nitrogen and oxygen atoms in total. The Morgan fingerprint density at radius 2 is 1.95 bits per heavy atom. The first kappa shape index (κ1) is 16.0. The molecule has 0 heterocycles. The van der Waals surface area contributed by atoms with Crippen molar-refractivity contribution in [1.29, 1.82) is 0 Å². The molecule has 0 N–H and O–H groups in total. The van der Waals surface area contributed by atoms with Gasteiger partial charge < -0.3 is 4.43 Å². The second-order valence-electron chi connectivity index (χ2n) is 8.22. The molecule has 0 unspecified atom stereocenters. The molecular formula is C18H32OSi. The molecule has 2 rings (SSSR count). The van der Waals surface area contributed by atoms with Gasteiger partial charge in [0.1, 0.15) is 0 Å². The van der Waals surface area contributed by atoms with Crippen molar-refractivity contribution in [3.63, 3.8) is 0 Å². The molecule has 2 heteroatoms. The molecule has 0 aromatic rings. The van der Waals surface area contributed by atoms with Gasteiger partial charge in [0.05, 0.1) is 0 Å². The predicted octanol–water partition coefficient (Wildman–Crippen LogP) is 5.56. The van der Waals surface area contributed by atoms with Crippen molar-refractivity contribution in [2.24, 2.45) is 17.8 Å². The second-order valence-corrected chi connectivity index (χ2v) is 13.0. The summed E-state index contributed by atoms with van der Waals surface area (Å²) in [5.41, 5.74) is 0. The Labute approximate surface area is 126 Å². The van der Waals surface area contributed by atoms with Crippen LogP contribution in [0.2, 0.25) is 18.1 Å². The third kappa shape index (κ3) is 3.28. The lowest BCUT2D eigenvalue weighted by Crippen LogP contribution is -2.46. The topological polar surface area (TPSA) is 9.23 Å². The number of hydrogen-bond acceptors (Lipinski definition) is 1. The van der Waals surface area contributed by atoms with E-state index in [1.54, 1.807) is 0 Å². The molecule has 0 amide bonds. The number of rotatable bonds is 3. The fraction of sp³-hybridized carbons (Fsp3) is 0.778. The van der Waals surface area contributed by atoms with Gasteiger partial charge >= 0.3 is 0 Å². The van der Waals surface area contributed by atoms with Crippen LogP contribution in [0, 0.1) is 17.8 Å². The average molecular weight is 293 g/mol. The Morgan fingerprint density at radius 3 is 2.55 bits per heavy atom. The molecule has 0 spiro atoms. The highest BCUT2D eigenvalue weighted by Crippen LogP contribution is 2.46. The standard InChI is InChI=1S/C18H32OSi/c1-7-14-12-15-10-8-9-11-17(16(15)13-14)19-20(5,6)18(2,3)4/h7-8,10,14-17H,1,9,11-13H2,2-6H3/t14-,15+,16-,17+/m0/s1. The third-order valence-electron chi connectivity index (χ3n) is 5.76. The maximum absolute atomic E-state index is 6.79. The lowest BCUT2D eigenvalue weighted by atomic mass is 9.91. The second kappa shape index (κ2) is 5.80. The molecule has 2 aliphatic rings. The Bertz CT molecular complexity index is 377. The van der Waals surface area contributed by atoms with Crippen molar-refractivity contribution < 1.29 is 4.43 Å². The van der Waals surface area contributed by atoms with Crippen molar-refractivity contribution in [1.82, 2.24) is 0 Å². The van der Waals surface area contributed by atoms with Gasteiger partial charge in [-0.3, -0.25) is 0 Å². The predicted molar refractivity (Wildman–Crippen MR) is 90.3 cm³/mol. The van der Waals surface area contributed by atoms with E-state index in [0.29, 0.717) is 23.0 Å². The molecule has 0 radical (unpaired) electrons. The van der Waals surface area contributed by atoms with Gasteiger partial charge in [-0.2, -0.15) is 0 Å². The van der Waals surface area contributed by atoms with Gasteiger partial charge in [-0.05, 0) is 61.6 Å². The van der Waals surface area contributed by atoms with E-state index in [2.05, 4.69) is 58.7 Å². The molecule has 0 aromatic heterocycles. The van der Waals surface area contributed by atoms with Crippen LogP contribution in [0.1, 0.15) is 46.5 Å². The Kier molecular flexibility index (Phi) is 4.65. The largest absolute Gasteiger partial charge is 0.414 e. The van der Waals surface area contributed by atoms with Crippen LogP contribution in [-0.2, 0) is 4.43 Å². The van der Waals surface area contributed by atoms with E-state index in [0.717, 1.165) is 5.92 Å². The number of fused-ring (bicyclic) bond motifs is 1. The van der Waals surface area contributed by atoms with Crippen molar-refractivity contribution >= 4 is 8.32 Å². The van der Waals surface area contributed by atoms with Crippen LogP contribution in [0.15, 0.2) is 24.8 Å². The van der Waals surface area contributed by atoms with Crippen LogP contribution in [0.5, 0.6) is 0 Å². The molecule has 114 valence electrons. The molecule has 4 atom stereocenters. The van der Waals surface area contributed by atoms with Crippen LogP contribution in [0.4, 0.5) is 0 Å². The summed E-state index contributed by atoms with van der Waals surface area (Å²) >= 11 is 0. The highest BCUT2D eigenvalue weighted by molar-refractivity contribution is 6.74. The highest BCUT2D eigenvalue weighted by atomic mass is 28.4. The highest BCUT2D eigenvalue weighted by Gasteiger charge is 2.44. The monoisotopic (exact) mass is 292 g/mol. The summed E-state index contributed by atoms with van der Waals surface area (Å²) in [5, 5.41) is 0.304. The molecule has 2 aliphatic carbocycles. The SMILES string of the molecule is C=C[C@@H]1C[C@H]2[C@H](C=CCC[C@H]2O[Si](C)(C)C(C)(C)C)C1. The summed E-state index contributed by atoms with van der Waals surface area (Å²) in [5.74, 6) is 2.12. The first-order valence-electron chi connectivity index (χ1n) is 8.21. The van der Waals surface area contributed by atoms with Gasteiger partial charge in [0.15, 0.2) is 8.32 Å². The van der Waals surface area contributed by atoms with E-state index in [4.69, 9.17) is 4.43 Å². The van der Waals surface area contributed by atoms with Crippen molar-refractivity contribution in [2.45, 2.75) is 70.7 Å². The lowest BCUT2D eigenvalue weighted by molar-refractivity contribution is 0.0999. The first-order valence-corrected chi connectivity index (χ1v) is 11.1. The first-order chi connectivity index (χ1) is 9.24. The fourth-order valence-electron chi connectivity index (χ4n) is 3.43. The number of allylic oxidation sites excluding steroid dienone is 3. The Morgan fingerprint density at radius 1 is 1.25 bits per heavy atom. The normalized spacial score (nSPS) is 34.6. The zero-order valence-electron chi connectivity index (χ0n) is 14.0. The molecule has 0 saturated heterocycles. The molecule has 20 heavy (non-hydrogen) atoms. The molecule has 0 aliphatic heterocycles. The van der Waals surface area contributed by atoms with Gasteiger partial charge in [0.2, 0.25) is 0 Å². The van der Waals surface area contributed by atoms with Crippen molar-refractivity contribution in [2.75, 3.05) is 0 Å². The van der Waals surface area contributed by atoms with Crippen LogP contribution in [0.25, 0.3) is 0 Å². The summed E-state index contributed by atoms with van der Waals surface area (Å²) in [6.45, 7) is 15.8. The minimum atomic E-state index is -1.66. The molecule has 0 aromatic carbocycles. The summed E-state index contributed by atoms with van der Waals surface area (Å²) in [4.78, 5) is 0. The van der Waals surface area contributed by atoms with Crippen LogP contribution in [0.3, 0.4) is 0 Å². The number of hydrogen-bond donors (Lipinski definition) is 0. The van der Waals surface area contributed by atoms with Gasteiger partial charge in [-0.15, -0.1) is 6.58 Å². The van der Waals surface area contributed by atoms with Gasteiger partial charge in [0, 0.05) is 6.10 Å². The Balaban J connectivity index is 2.13. The van der Waals surface area contributed by atoms with E-state index >= 15 is 0 Å². The molecular weight excluding hydrogens is 260 g/mol. The van der Waals surface area contributed by atoms with E-state index in [1.807, 2.05) is 0 Å². The summed E-state index contributed by atoms with van der Waals surface area (Å²) < 4.78 is 6.79. The summed E-state index contributed by atoms with van der Waals surface area (Å²) in [6.07, 6.45) is 12.4. The smallest absolute Gasteiger partial charge is 0.192 e. The maximum Gasteiger partial charge on any atom is 0.192 e. The maximum atomic E-state index is 6.79. The van der Waals surface area contributed by atoms with Gasteiger partial charge in [-0.25, -0.2) is 0 Å². The van der Waals surface area contributed by atoms with Gasteiger partial charge in [0.25, 0.3) is 0 Å². The van der Waals surface area contributed by atoms with E-state index in [1.165, 1.54) is 25.7 Å². The summed E-state index contributed by atoms with van der Waals surface area (Å²) in [7, 11) is -1.66. The van der Waals surface area contributed by atoms with E-state index < -0.39 is 8.32 Å². The fourth-order valence-corrected chi connectivity index (χ4v) is 4.84. The molecule has 0 bridgehead atoms. The van der Waals surface area contributed by atoms with Gasteiger partial charge in [-0.1, -0.05) is 39.0 Å². The van der Waals surface area contributed by atoms with Crippen LogP contribution < -0.4 is 0 Å². The van der Waals surface area contributed by atoms with Crippen molar-refractivity contribution in [3.8, 4) is 0 Å². The quantitative estimate of drug-likeness (QED) is 0.489. The van der Waals surface area contributed by atoms with Crippen LogP contribution in [-0.4, -0.2) is 14.4 Å². The van der Waals surface area contributed by atoms with Crippen LogP contribution >= 0.6 is 0 Å². The molecule has 1 saturated carbocycles. The van der Waals surface area contributed by atoms with E-state index in [9.17, 15) is 0 Å². The van der Waals surface area contributed by atoms with E-state index in [-0.39, 0.29) is 0 Å². The lowest BCUT2D eigenvalue weighted by Gasteiger charge is -2.41. The third-order valence-corrected chi connectivity index (χ3v) is 10.3.